The van der Waals surface area contributed by atoms with Gasteiger partial charge in [-0.1, -0.05) is 11.6 Å². The molecule has 182 valence electrons. The molecule has 0 aliphatic carbocycles. The van der Waals surface area contributed by atoms with E-state index in [1.807, 2.05) is 0 Å². The zero-order chi connectivity index (χ0) is 25.1. The normalized spacial score (nSPS) is 12.7. The summed E-state index contributed by atoms with van der Waals surface area (Å²) in [4.78, 5) is 40.8. The van der Waals surface area contributed by atoms with Gasteiger partial charge in [0.1, 0.15) is 11.6 Å². The fraction of sp³-hybridized carbons (Fsp3) is 0.208. The first-order valence-corrected chi connectivity index (χ1v) is 11.8. The first-order valence-electron chi connectivity index (χ1n) is 10.6. The minimum absolute atomic E-state index is 0.0286. The van der Waals surface area contributed by atoms with Gasteiger partial charge in [-0.15, -0.1) is 11.3 Å². The molecular formula is C24H21ClFN3O5S. The van der Waals surface area contributed by atoms with Crippen molar-refractivity contribution in [2.24, 2.45) is 0 Å². The highest BCUT2D eigenvalue weighted by Crippen LogP contribution is 2.32. The van der Waals surface area contributed by atoms with E-state index in [-0.39, 0.29) is 49.1 Å². The van der Waals surface area contributed by atoms with E-state index in [1.54, 1.807) is 43.4 Å². The maximum Gasteiger partial charge on any atom is 0.305 e. The molecule has 4 rings (SSSR count). The van der Waals surface area contributed by atoms with E-state index in [2.05, 4.69) is 5.32 Å². The molecule has 0 spiro atoms. The lowest BCUT2D eigenvalue weighted by Gasteiger charge is -2.29. The Morgan fingerprint density at radius 1 is 1.23 bits per heavy atom. The van der Waals surface area contributed by atoms with Crippen molar-refractivity contribution in [3.05, 3.63) is 74.7 Å². The molecule has 0 fully saturated rings. The van der Waals surface area contributed by atoms with Crippen molar-refractivity contribution in [2.75, 3.05) is 30.5 Å². The number of fused-ring (bicyclic) bond motifs is 1. The minimum atomic E-state index is -1.01. The quantitative estimate of drug-likeness (QED) is 0.449. The molecule has 0 saturated carbocycles. The smallest absolute Gasteiger partial charge is 0.305 e. The molecule has 11 heteroatoms. The van der Waals surface area contributed by atoms with Crippen molar-refractivity contribution >= 4 is 52.1 Å². The number of aliphatic carboxylic acids is 1. The fourth-order valence-electron chi connectivity index (χ4n) is 3.64. The van der Waals surface area contributed by atoms with Crippen LogP contribution in [-0.2, 0) is 11.3 Å². The van der Waals surface area contributed by atoms with Crippen LogP contribution in [0.4, 0.5) is 15.8 Å². The molecule has 1 aromatic heterocycles. The summed E-state index contributed by atoms with van der Waals surface area (Å²) in [7, 11) is 1.57. The van der Waals surface area contributed by atoms with E-state index in [0.717, 1.165) is 10.9 Å². The maximum atomic E-state index is 14.2. The summed E-state index contributed by atoms with van der Waals surface area (Å²) < 4.78 is 20.4. The number of anilines is 2. The highest BCUT2D eigenvalue weighted by Gasteiger charge is 2.29. The lowest BCUT2D eigenvalue weighted by Crippen LogP contribution is -2.39. The summed E-state index contributed by atoms with van der Waals surface area (Å²) in [6, 6.07) is 12.4. The Morgan fingerprint density at radius 3 is 2.60 bits per heavy atom. The van der Waals surface area contributed by atoms with Crippen LogP contribution in [0.2, 0.25) is 4.34 Å². The molecule has 0 radical (unpaired) electrons. The zero-order valence-corrected chi connectivity index (χ0v) is 20.2. The third kappa shape index (κ3) is 5.39. The fourth-order valence-corrected chi connectivity index (χ4v) is 4.74. The predicted octanol–water partition coefficient (Wildman–Crippen LogP) is 4.70. The average molecular weight is 518 g/mol. The molecular weight excluding hydrogens is 497 g/mol. The van der Waals surface area contributed by atoms with Gasteiger partial charge in [-0.3, -0.25) is 19.3 Å². The van der Waals surface area contributed by atoms with Crippen molar-refractivity contribution in [3.8, 4) is 5.75 Å². The van der Waals surface area contributed by atoms with Crippen molar-refractivity contribution in [1.29, 1.82) is 0 Å². The number of rotatable bonds is 8. The molecule has 1 aliphatic rings. The molecule has 0 saturated heterocycles. The van der Waals surface area contributed by atoms with Crippen LogP contribution < -0.4 is 15.0 Å². The highest BCUT2D eigenvalue weighted by atomic mass is 35.5. The van der Waals surface area contributed by atoms with Gasteiger partial charge in [-0.05, 0) is 42.5 Å². The molecule has 2 aromatic carbocycles. The van der Waals surface area contributed by atoms with Crippen LogP contribution in [0.5, 0.6) is 5.75 Å². The van der Waals surface area contributed by atoms with E-state index < -0.39 is 17.7 Å². The molecule has 8 nitrogen and oxygen atoms in total. The number of carbonyl (C=O) groups is 3. The van der Waals surface area contributed by atoms with Gasteiger partial charge in [0, 0.05) is 35.8 Å². The predicted molar refractivity (Wildman–Crippen MR) is 131 cm³/mol. The minimum Gasteiger partial charge on any atom is -0.481 e. The number of nitrogens with zero attached hydrogens (tertiary/aromatic N) is 2. The Bertz CT molecular complexity index is 1280. The van der Waals surface area contributed by atoms with Crippen LogP contribution in [0.25, 0.3) is 0 Å². The number of carboxylic acids is 1. The molecule has 2 heterocycles. The Hall–Kier alpha value is -3.63. The summed E-state index contributed by atoms with van der Waals surface area (Å²) in [6.07, 6.45) is -0.201. The van der Waals surface area contributed by atoms with Gasteiger partial charge in [0.2, 0.25) is 0 Å². The largest absolute Gasteiger partial charge is 0.481 e. The first kappa shape index (κ1) is 24.5. The number of ether oxygens (including phenoxy) is 1. The number of thiophene rings is 1. The van der Waals surface area contributed by atoms with Gasteiger partial charge in [0.25, 0.3) is 11.8 Å². The first-order chi connectivity index (χ1) is 16.8. The molecule has 2 amide bonds. The summed E-state index contributed by atoms with van der Waals surface area (Å²) >= 11 is 7.30. The molecule has 2 N–H and O–H groups in total. The summed E-state index contributed by atoms with van der Waals surface area (Å²) in [6.45, 7) is 0.180. The number of hydrogen-bond donors (Lipinski definition) is 2. The Morgan fingerprint density at radius 2 is 1.97 bits per heavy atom. The second kappa shape index (κ2) is 10.3. The number of halogens is 2. The third-order valence-corrected chi connectivity index (χ3v) is 6.66. The molecule has 1 aliphatic heterocycles. The lowest BCUT2D eigenvalue weighted by atomic mass is 10.1. The van der Waals surface area contributed by atoms with E-state index in [4.69, 9.17) is 21.4 Å². The van der Waals surface area contributed by atoms with E-state index in [0.29, 0.717) is 15.6 Å². The Kier molecular flexibility index (Phi) is 7.23. The van der Waals surface area contributed by atoms with Crippen molar-refractivity contribution in [1.82, 2.24) is 4.90 Å². The van der Waals surface area contributed by atoms with Gasteiger partial charge in [0.05, 0.1) is 28.6 Å². The number of carbonyl (C=O) groups excluding carboxylic acids is 2. The number of amides is 2. The highest BCUT2D eigenvalue weighted by molar-refractivity contribution is 7.16. The van der Waals surface area contributed by atoms with Gasteiger partial charge < -0.3 is 20.1 Å². The van der Waals surface area contributed by atoms with Gasteiger partial charge in [-0.25, -0.2) is 4.39 Å². The van der Waals surface area contributed by atoms with Crippen LogP contribution in [-0.4, -0.2) is 48.1 Å². The second-order valence-corrected chi connectivity index (χ2v) is 9.51. The maximum absolute atomic E-state index is 14.2. The van der Waals surface area contributed by atoms with Crippen LogP contribution in [0.3, 0.4) is 0 Å². The second-order valence-electron chi connectivity index (χ2n) is 7.71. The molecule has 0 atom stereocenters. The summed E-state index contributed by atoms with van der Waals surface area (Å²) in [5.74, 6) is -2.07. The number of carboxylic acid groups (broad SMARTS) is 1. The van der Waals surface area contributed by atoms with E-state index in [1.165, 1.54) is 27.2 Å². The number of benzene rings is 2. The molecule has 3 aromatic rings. The monoisotopic (exact) mass is 517 g/mol. The summed E-state index contributed by atoms with van der Waals surface area (Å²) in [5, 5.41) is 11.8. The van der Waals surface area contributed by atoms with Crippen molar-refractivity contribution < 1.29 is 28.6 Å². The molecule has 0 bridgehead atoms. The van der Waals surface area contributed by atoms with E-state index in [9.17, 15) is 18.8 Å². The van der Waals surface area contributed by atoms with Gasteiger partial charge in [0.15, 0.2) is 6.73 Å². The topological polar surface area (TPSA) is 99.2 Å². The van der Waals surface area contributed by atoms with E-state index >= 15 is 0 Å². The van der Waals surface area contributed by atoms with Gasteiger partial charge >= 0.3 is 5.97 Å². The lowest BCUT2D eigenvalue weighted by molar-refractivity contribution is -0.137. The number of hydrogen-bond acceptors (Lipinski definition) is 6. The Balaban J connectivity index is 1.52. The SMILES string of the molecule is CNc1cc2c(cc1F)C(=O)N(c1ccc(C(=O)N(CCC(=O)O)Cc3ccc(Cl)s3)cc1)CO2. The molecule has 0 unspecified atom stereocenters. The van der Waals surface area contributed by atoms with Crippen LogP contribution >= 0.6 is 22.9 Å². The summed E-state index contributed by atoms with van der Waals surface area (Å²) in [5.41, 5.74) is 1.13. The Labute approximate surface area is 209 Å². The zero-order valence-electron chi connectivity index (χ0n) is 18.6. The van der Waals surface area contributed by atoms with Crippen molar-refractivity contribution in [2.45, 2.75) is 13.0 Å². The average Bonchev–Trinajstić information content (AvgIpc) is 3.26. The van der Waals surface area contributed by atoms with Crippen LogP contribution in [0.1, 0.15) is 32.0 Å². The molecule has 35 heavy (non-hydrogen) atoms. The van der Waals surface area contributed by atoms with Crippen molar-refractivity contribution in [3.63, 3.8) is 0 Å². The third-order valence-electron chi connectivity index (χ3n) is 5.45. The standard InChI is InChI=1S/C24H21ClFN3O5S/c1-27-19-11-20-17(10-18(19)26)24(33)29(13-34-20)15-4-2-14(3-5-15)23(32)28(9-8-22(30)31)12-16-6-7-21(25)35-16/h2-7,10-11,27H,8-9,12-13H2,1H3,(H,30,31). The van der Waals surface area contributed by atoms with Crippen LogP contribution in [0, 0.1) is 5.82 Å². The number of nitrogens with one attached hydrogen (secondary N) is 1. The van der Waals surface area contributed by atoms with Gasteiger partial charge in [-0.2, -0.15) is 0 Å². The van der Waals surface area contributed by atoms with Crippen LogP contribution in [0.15, 0.2) is 48.5 Å².